The summed E-state index contributed by atoms with van der Waals surface area (Å²) in [6.45, 7) is 0.267. The highest BCUT2D eigenvalue weighted by molar-refractivity contribution is 5.92. The molecule has 3 aromatic rings. The molecule has 4 rings (SSSR count). The predicted octanol–water partition coefficient (Wildman–Crippen LogP) is 3.73. The van der Waals surface area contributed by atoms with E-state index in [1.165, 1.54) is 11.1 Å². The number of ether oxygens (including phenoxy) is 1. The zero-order valence-corrected chi connectivity index (χ0v) is 14.5. The van der Waals surface area contributed by atoms with Crippen LogP contribution in [0.3, 0.4) is 0 Å². The van der Waals surface area contributed by atoms with Crippen LogP contribution in [0.2, 0.25) is 0 Å². The molecule has 1 unspecified atom stereocenters. The number of benzene rings is 2. The Morgan fingerprint density at radius 2 is 1.92 bits per heavy atom. The van der Waals surface area contributed by atoms with Crippen LogP contribution in [-0.2, 0) is 13.2 Å². The quantitative estimate of drug-likeness (QED) is 0.765. The van der Waals surface area contributed by atoms with Gasteiger partial charge >= 0.3 is 0 Å². The fourth-order valence-corrected chi connectivity index (χ4v) is 3.35. The molecule has 5 nitrogen and oxygen atoms in total. The van der Waals surface area contributed by atoms with Crippen LogP contribution in [0.5, 0.6) is 5.75 Å². The van der Waals surface area contributed by atoms with Crippen molar-refractivity contribution in [1.29, 1.82) is 0 Å². The number of nitrogens with one attached hydrogen (secondary N) is 1. The number of nitrogens with zero attached hydrogens (tertiary/aromatic N) is 2. The molecule has 132 valence electrons. The summed E-state index contributed by atoms with van der Waals surface area (Å²) < 4.78 is 7.27. The third-order valence-corrected chi connectivity index (χ3v) is 4.65. The van der Waals surface area contributed by atoms with Crippen LogP contribution >= 0.6 is 0 Å². The summed E-state index contributed by atoms with van der Waals surface area (Å²) in [5.74, 6) is 0.623. The summed E-state index contributed by atoms with van der Waals surface area (Å²) in [7, 11) is 0. The largest absolute Gasteiger partial charge is 0.471 e. The Bertz CT molecular complexity index is 889. The summed E-state index contributed by atoms with van der Waals surface area (Å²) in [5.41, 5.74) is 2.95. The topological polar surface area (TPSA) is 56.2 Å². The number of aromatic nitrogens is 2. The molecule has 0 fully saturated rings. The summed E-state index contributed by atoms with van der Waals surface area (Å²) in [4.78, 5) is 12.6. The maximum Gasteiger partial charge on any atom is 0.272 e. The second-order valence-corrected chi connectivity index (χ2v) is 6.44. The van der Waals surface area contributed by atoms with Gasteiger partial charge < -0.3 is 10.1 Å². The van der Waals surface area contributed by atoms with Gasteiger partial charge in [-0.05, 0) is 48.6 Å². The highest BCUT2D eigenvalue weighted by Gasteiger charge is 2.22. The normalized spacial score (nSPS) is 15.9. The Hall–Kier alpha value is -3.08. The maximum atomic E-state index is 12.6. The van der Waals surface area contributed by atoms with Crippen molar-refractivity contribution in [2.24, 2.45) is 0 Å². The Balaban J connectivity index is 1.39. The van der Waals surface area contributed by atoms with E-state index in [2.05, 4.69) is 28.6 Å². The minimum absolute atomic E-state index is 0.0539. The highest BCUT2D eigenvalue weighted by atomic mass is 16.5. The van der Waals surface area contributed by atoms with Gasteiger partial charge in [-0.3, -0.25) is 4.79 Å². The predicted molar refractivity (Wildman–Crippen MR) is 98.9 cm³/mol. The fraction of sp³-hybridized carbons (Fsp3) is 0.238. The smallest absolute Gasteiger partial charge is 0.272 e. The van der Waals surface area contributed by atoms with Crippen molar-refractivity contribution in [2.45, 2.75) is 32.0 Å². The van der Waals surface area contributed by atoms with E-state index in [4.69, 9.17) is 4.74 Å². The number of hydrogen-bond donors (Lipinski definition) is 1. The molecule has 0 radical (unpaired) electrons. The average Bonchev–Trinajstić information content (AvgIpc) is 3.17. The molecule has 1 amide bonds. The van der Waals surface area contributed by atoms with Crippen LogP contribution in [0.15, 0.2) is 66.9 Å². The van der Waals surface area contributed by atoms with Crippen LogP contribution < -0.4 is 10.1 Å². The lowest BCUT2D eigenvalue weighted by molar-refractivity contribution is 0.0925. The Labute approximate surface area is 152 Å². The minimum atomic E-state index is -0.148. The first-order valence-corrected chi connectivity index (χ1v) is 8.89. The van der Waals surface area contributed by atoms with Crippen molar-refractivity contribution in [1.82, 2.24) is 15.1 Å². The molecule has 0 spiro atoms. The van der Waals surface area contributed by atoms with E-state index in [-0.39, 0.29) is 18.7 Å². The lowest BCUT2D eigenvalue weighted by Gasteiger charge is -2.26. The second-order valence-electron chi connectivity index (χ2n) is 6.44. The lowest BCUT2D eigenvalue weighted by atomic mass is 9.88. The zero-order chi connectivity index (χ0) is 17.8. The molecule has 1 heterocycles. The van der Waals surface area contributed by atoms with E-state index in [0.29, 0.717) is 5.69 Å². The van der Waals surface area contributed by atoms with Gasteiger partial charge in [0.2, 0.25) is 0 Å². The maximum absolute atomic E-state index is 12.6. The SMILES string of the molecule is O=C(NC1CCCc2ccccc21)c1ccn(COc2ccccc2)n1. The number of carbonyl (C=O) groups excluding carboxylic acids is 1. The van der Waals surface area contributed by atoms with Gasteiger partial charge in [-0.15, -0.1) is 0 Å². The van der Waals surface area contributed by atoms with Crippen molar-refractivity contribution >= 4 is 5.91 Å². The third kappa shape index (κ3) is 3.61. The van der Waals surface area contributed by atoms with Crippen LogP contribution in [-0.4, -0.2) is 15.7 Å². The second kappa shape index (κ2) is 7.44. The first-order chi connectivity index (χ1) is 12.8. The molecule has 1 aromatic heterocycles. The number of fused-ring (bicyclic) bond motifs is 1. The molecule has 0 saturated carbocycles. The molecule has 1 atom stereocenters. The molecular weight excluding hydrogens is 326 g/mol. The number of para-hydroxylation sites is 1. The molecule has 0 aliphatic heterocycles. The number of carbonyl (C=O) groups is 1. The van der Waals surface area contributed by atoms with E-state index in [1.54, 1.807) is 16.9 Å². The monoisotopic (exact) mass is 347 g/mol. The van der Waals surface area contributed by atoms with Crippen molar-refractivity contribution in [3.8, 4) is 5.75 Å². The summed E-state index contributed by atoms with van der Waals surface area (Å²) in [6.07, 6.45) is 4.88. The van der Waals surface area contributed by atoms with Crippen LogP contribution in [0, 0.1) is 0 Å². The van der Waals surface area contributed by atoms with Crippen molar-refractivity contribution < 1.29 is 9.53 Å². The lowest BCUT2D eigenvalue weighted by Crippen LogP contribution is -2.31. The zero-order valence-electron chi connectivity index (χ0n) is 14.5. The molecule has 1 aliphatic rings. The number of aryl methyl sites for hydroxylation is 1. The number of hydrogen-bond acceptors (Lipinski definition) is 3. The Morgan fingerprint density at radius 3 is 2.81 bits per heavy atom. The van der Waals surface area contributed by atoms with Crippen molar-refractivity contribution in [3.05, 3.63) is 83.7 Å². The van der Waals surface area contributed by atoms with Gasteiger partial charge in [-0.1, -0.05) is 42.5 Å². The van der Waals surface area contributed by atoms with Crippen LogP contribution in [0.25, 0.3) is 0 Å². The first-order valence-electron chi connectivity index (χ1n) is 8.89. The molecule has 26 heavy (non-hydrogen) atoms. The van der Waals surface area contributed by atoms with E-state index in [1.807, 2.05) is 36.4 Å². The highest BCUT2D eigenvalue weighted by Crippen LogP contribution is 2.29. The standard InChI is InChI=1S/C21H21N3O2/c25-21(22-19-12-6-8-16-7-4-5-11-18(16)19)20-13-14-24(23-20)15-26-17-9-2-1-3-10-17/h1-5,7,9-11,13-14,19H,6,8,12,15H2,(H,22,25). The summed E-state index contributed by atoms with van der Waals surface area (Å²) in [6, 6.07) is 19.6. The van der Waals surface area contributed by atoms with E-state index < -0.39 is 0 Å². The summed E-state index contributed by atoms with van der Waals surface area (Å²) in [5, 5.41) is 7.45. The minimum Gasteiger partial charge on any atom is -0.471 e. The van der Waals surface area contributed by atoms with Crippen LogP contribution in [0.4, 0.5) is 0 Å². The van der Waals surface area contributed by atoms with Gasteiger partial charge in [-0.2, -0.15) is 5.10 Å². The number of amides is 1. The molecule has 1 aliphatic carbocycles. The van der Waals surface area contributed by atoms with Gasteiger partial charge in [0.25, 0.3) is 5.91 Å². The first kappa shape index (κ1) is 16.4. The van der Waals surface area contributed by atoms with Gasteiger partial charge in [0.1, 0.15) is 11.4 Å². The molecule has 0 saturated heterocycles. The van der Waals surface area contributed by atoms with Gasteiger partial charge in [-0.25, -0.2) is 4.68 Å². The average molecular weight is 347 g/mol. The Morgan fingerprint density at radius 1 is 1.12 bits per heavy atom. The summed E-state index contributed by atoms with van der Waals surface area (Å²) >= 11 is 0. The van der Waals surface area contributed by atoms with E-state index in [0.717, 1.165) is 25.0 Å². The fourth-order valence-electron chi connectivity index (χ4n) is 3.35. The Kier molecular flexibility index (Phi) is 4.69. The van der Waals surface area contributed by atoms with Crippen LogP contribution in [0.1, 0.15) is 40.5 Å². The van der Waals surface area contributed by atoms with Gasteiger partial charge in [0.15, 0.2) is 6.73 Å². The van der Waals surface area contributed by atoms with Gasteiger partial charge in [0.05, 0.1) is 6.04 Å². The third-order valence-electron chi connectivity index (χ3n) is 4.65. The van der Waals surface area contributed by atoms with Gasteiger partial charge in [0, 0.05) is 6.20 Å². The molecule has 2 aromatic carbocycles. The van der Waals surface area contributed by atoms with Crippen molar-refractivity contribution in [2.75, 3.05) is 0 Å². The molecule has 0 bridgehead atoms. The van der Waals surface area contributed by atoms with Crippen molar-refractivity contribution in [3.63, 3.8) is 0 Å². The molecule has 5 heteroatoms. The van der Waals surface area contributed by atoms with E-state index in [9.17, 15) is 4.79 Å². The number of rotatable bonds is 5. The van der Waals surface area contributed by atoms with E-state index >= 15 is 0 Å². The molecular formula is C21H21N3O2. The molecule has 1 N–H and O–H groups in total.